The van der Waals surface area contributed by atoms with E-state index in [0.717, 1.165) is 18.6 Å². The van der Waals surface area contributed by atoms with Gasteiger partial charge in [0.15, 0.2) is 0 Å². The van der Waals surface area contributed by atoms with Gasteiger partial charge < -0.3 is 0 Å². The number of amides is 1. The predicted octanol–water partition coefficient (Wildman–Crippen LogP) is 5.74. The summed E-state index contributed by atoms with van der Waals surface area (Å²) in [5.74, 6) is 0.391. The number of nitrogens with one attached hydrogen (secondary N) is 1. The minimum atomic E-state index is -0.144. The van der Waals surface area contributed by atoms with Gasteiger partial charge in [-0.2, -0.15) is 5.10 Å². The Morgan fingerprint density at radius 1 is 1.19 bits per heavy atom. The largest absolute Gasteiger partial charge is 0.271 e. The van der Waals surface area contributed by atoms with E-state index in [4.69, 9.17) is 0 Å². The van der Waals surface area contributed by atoms with E-state index in [1.807, 2.05) is 30.3 Å². The second-order valence-corrected chi connectivity index (χ2v) is 9.02. The molecule has 0 bridgehead atoms. The van der Waals surface area contributed by atoms with Crippen molar-refractivity contribution in [3.8, 4) is 0 Å². The van der Waals surface area contributed by atoms with Gasteiger partial charge in [-0.1, -0.05) is 57.0 Å². The summed E-state index contributed by atoms with van der Waals surface area (Å²) >= 11 is 0. The van der Waals surface area contributed by atoms with E-state index in [-0.39, 0.29) is 11.3 Å². The van der Waals surface area contributed by atoms with E-state index in [1.165, 1.54) is 19.3 Å². The Hall–Kier alpha value is -1.90. The minimum absolute atomic E-state index is 0.00257. The van der Waals surface area contributed by atoms with Crippen molar-refractivity contribution in [1.82, 2.24) is 5.43 Å². The van der Waals surface area contributed by atoms with E-state index >= 15 is 0 Å². The maximum atomic E-state index is 12.3. The predicted molar refractivity (Wildman–Crippen MR) is 108 cm³/mol. The van der Waals surface area contributed by atoms with Crippen LogP contribution in [-0.2, 0) is 0 Å². The molecule has 1 aromatic carbocycles. The first-order valence-electron chi connectivity index (χ1n) is 9.85. The number of hydrogen-bond acceptors (Lipinski definition) is 2. The van der Waals surface area contributed by atoms with Crippen molar-refractivity contribution in [2.75, 3.05) is 0 Å². The van der Waals surface area contributed by atoms with Crippen molar-refractivity contribution in [2.24, 2.45) is 21.8 Å². The normalized spacial score (nSPS) is 28.5. The topological polar surface area (TPSA) is 41.5 Å². The van der Waals surface area contributed by atoms with Crippen molar-refractivity contribution in [1.29, 1.82) is 0 Å². The molecule has 140 valence electrons. The summed E-state index contributed by atoms with van der Waals surface area (Å²) in [6.07, 6.45) is 6.08. The Kier molecular flexibility index (Phi) is 5.09. The second-order valence-electron chi connectivity index (χ2n) is 9.02. The van der Waals surface area contributed by atoms with Gasteiger partial charge in [-0.05, 0) is 62.5 Å². The highest BCUT2D eigenvalue weighted by atomic mass is 16.2. The van der Waals surface area contributed by atoms with E-state index in [9.17, 15) is 4.79 Å². The molecule has 1 amide bonds. The number of carbonyl (C=O) groups excluding carboxylic acids is 1. The van der Waals surface area contributed by atoms with E-state index in [2.05, 4.69) is 45.1 Å². The molecule has 0 unspecified atom stereocenters. The van der Waals surface area contributed by atoms with Crippen LogP contribution in [0.15, 0.2) is 46.6 Å². The van der Waals surface area contributed by atoms with Crippen molar-refractivity contribution in [2.45, 2.75) is 66.7 Å². The van der Waals surface area contributed by atoms with Crippen LogP contribution in [0.5, 0.6) is 0 Å². The quantitative estimate of drug-likeness (QED) is 0.421. The van der Waals surface area contributed by atoms with Gasteiger partial charge in [-0.25, -0.2) is 5.43 Å². The van der Waals surface area contributed by atoms with Crippen LogP contribution in [0.1, 0.15) is 77.1 Å². The van der Waals surface area contributed by atoms with Crippen LogP contribution in [0.25, 0.3) is 0 Å². The summed E-state index contributed by atoms with van der Waals surface area (Å²) in [6.45, 7) is 11.5. The molecule has 3 nitrogen and oxygen atoms in total. The van der Waals surface area contributed by atoms with Crippen molar-refractivity contribution < 1.29 is 4.79 Å². The lowest BCUT2D eigenvalue weighted by Crippen LogP contribution is -2.41. The van der Waals surface area contributed by atoms with Gasteiger partial charge in [0.1, 0.15) is 0 Å². The van der Waals surface area contributed by atoms with Gasteiger partial charge in [-0.15, -0.1) is 0 Å². The molecule has 2 aliphatic carbocycles. The minimum Gasteiger partial charge on any atom is -0.267 e. The lowest BCUT2D eigenvalue weighted by Gasteiger charge is -2.48. The fraction of sp³-hybridized carbons (Fsp3) is 0.565. The molecule has 1 N–H and O–H groups in total. The first kappa shape index (κ1) is 18.9. The molecule has 0 saturated heterocycles. The molecule has 1 aromatic rings. The average molecular weight is 353 g/mol. The zero-order valence-electron chi connectivity index (χ0n) is 16.9. The molecule has 2 atom stereocenters. The van der Waals surface area contributed by atoms with Crippen LogP contribution in [0.3, 0.4) is 0 Å². The first-order chi connectivity index (χ1) is 12.2. The summed E-state index contributed by atoms with van der Waals surface area (Å²) in [6, 6.07) is 9.27. The van der Waals surface area contributed by atoms with Crippen LogP contribution in [0.4, 0.5) is 0 Å². The van der Waals surface area contributed by atoms with Gasteiger partial charge in [0, 0.05) is 16.7 Å². The number of carbonyl (C=O) groups is 1. The van der Waals surface area contributed by atoms with Gasteiger partial charge in [0.05, 0.1) is 0 Å². The first-order valence-corrected chi connectivity index (χ1v) is 9.85. The molecule has 0 heterocycles. The van der Waals surface area contributed by atoms with E-state index in [0.29, 0.717) is 16.9 Å². The lowest BCUT2D eigenvalue weighted by molar-refractivity contribution is 0.0953. The summed E-state index contributed by atoms with van der Waals surface area (Å²) < 4.78 is 0. The molecular weight excluding hydrogens is 320 g/mol. The number of rotatable bonds is 3. The van der Waals surface area contributed by atoms with Crippen molar-refractivity contribution in [3.63, 3.8) is 0 Å². The Bertz CT molecular complexity index is 745. The third-order valence-corrected chi connectivity index (χ3v) is 6.90. The Morgan fingerprint density at radius 3 is 2.58 bits per heavy atom. The fourth-order valence-corrected chi connectivity index (χ4v) is 4.65. The zero-order chi connectivity index (χ0) is 18.9. The number of hydrazone groups is 1. The molecule has 0 radical (unpaired) electrons. The Labute approximate surface area is 158 Å². The van der Waals surface area contributed by atoms with E-state index in [1.54, 1.807) is 11.1 Å². The highest BCUT2D eigenvalue weighted by molar-refractivity contribution is 5.96. The van der Waals surface area contributed by atoms with Gasteiger partial charge in [0.25, 0.3) is 5.91 Å². The Morgan fingerprint density at radius 2 is 1.88 bits per heavy atom. The van der Waals surface area contributed by atoms with Crippen molar-refractivity contribution >= 4 is 11.6 Å². The smallest absolute Gasteiger partial charge is 0.267 e. The number of nitrogens with zero attached hydrogens (tertiary/aromatic N) is 1. The van der Waals surface area contributed by atoms with Crippen molar-refractivity contribution in [3.05, 3.63) is 47.0 Å². The third kappa shape index (κ3) is 3.49. The van der Waals surface area contributed by atoms with Crippen LogP contribution in [-0.4, -0.2) is 11.6 Å². The number of allylic oxidation sites excluding steroid dienone is 2. The molecule has 3 rings (SSSR count). The van der Waals surface area contributed by atoms with Crippen LogP contribution < -0.4 is 5.43 Å². The monoisotopic (exact) mass is 352 g/mol. The van der Waals surface area contributed by atoms with Crippen LogP contribution in [0.2, 0.25) is 0 Å². The second kappa shape index (κ2) is 7.02. The Balaban J connectivity index is 1.81. The average Bonchev–Trinajstić information content (AvgIpc) is 2.61. The molecule has 0 fully saturated rings. The maximum Gasteiger partial charge on any atom is 0.271 e. The highest BCUT2D eigenvalue weighted by Crippen LogP contribution is 2.54. The highest BCUT2D eigenvalue weighted by Gasteiger charge is 2.44. The molecule has 3 heteroatoms. The van der Waals surface area contributed by atoms with Gasteiger partial charge in [0.2, 0.25) is 0 Å². The fourth-order valence-electron chi connectivity index (χ4n) is 4.65. The molecule has 26 heavy (non-hydrogen) atoms. The van der Waals surface area contributed by atoms with E-state index < -0.39 is 0 Å². The maximum absolute atomic E-state index is 12.3. The summed E-state index contributed by atoms with van der Waals surface area (Å²) in [5, 5.41) is 4.53. The zero-order valence-corrected chi connectivity index (χ0v) is 16.9. The third-order valence-electron chi connectivity index (χ3n) is 6.90. The molecule has 0 spiro atoms. The summed E-state index contributed by atoms with van der Waals surface area (Å²) in [5.41, 5.74) is 8.07. The number of benzene rings is 1. The van der Waals surface area contributed by atoms with Crippen LogP contribution in [0, 0.1) is 16.7 Å². The number of hydrogen-bond donors (Lipinski definition) is 1. The molecular formula is C23H32N2O. The van der Waals surface area contributed by atoms with Crippen LogP contribution >= 0.6 is 0 Å². The lowest BCUT2D eigenvalue weighted by atomic mass is 9.57. The molecule has 0 saturated carbocycles. The summed E-state index contributed by atoms with van der Waals surface area (Å²) in [7, 11) is 0. The SMILES string of the molecule is C/C(=N/NC(=O)c1ccccc1)[C@]1(C)CC2=C(CCCC2(C)C)C[C@H]1C. The van der Waals surface area contributed by atoms with Gasteiger partial charge in [-0.3, -0.25) is 4.79 Å². The molecule has 0 aromatic heterocycles. The summed E-state index contributed by atoms with van der Waals surface area (Å²) in [4.78, 5) is 12.3. The molecule has 2 aliphatic rings. The molecule has 0 aliphatic heterocycles. The van der Waals surface area contributed by atoms with Gasteiger partial charge >= 0.3 is 0 Å². The standard InChI is InChI=1S/C23H32N2O/c1-16-14-19-12-9-13-22(3,4)20(19)15-23(16,5)17(2)24-25-21(26)18-10-7-6-8-11-18/h6-8,10-11,16H,9,12-15H2,1-5H3,(H,25,26)/b24-17-/t16-,23-/m1/s1.